The van der Waals surface area contributed by atoms with Crippen molar-refractivity contribution in [1.29, 1.82) is 0 Å². The van der Waals surface area contributed by atoms with Crippen molar-refractivity contribution in [1.82, 2.24) is 0 Å². The second-order valence-corrected chi connectivity index (χ2v) is 0. The summed E-state index contributed by atoms with van der Waals surface area (Å²) in [4.78, 5) is 0. The molecule has 0 bridgehead atoms. The number of hydrogen-bond acceptors (Lipinski definition) is 3. The van der Waals surface area contributed by atoms with E-state index < -0.39 is 0 Å². The van der Waals surface area contributed by atoms with Gasteiger partial charge in [0.1, 0.15) is 0 Å². The van der Waals surface area contributed by atoms with Gasteiger partial charge in [-0.25, -0.2) is 0 Å². The molecule has 0 aromatic rings. The molecule has 0 heterocycles. The van der Waals surface area contributed by atoms with Gasteiger partial charge in [0.25, 0.3) is 0 Å². The molecule has 6 heavy (non-hydrogen) atoms. The monoisotopic (exact) mass is 254 g/mol. The first-order chi connectivity index (χ1) is 3.00. The quantitative estimate of drug-likeness (QED) is 0.520. The van der Waals surface area contributed by atoms with Crippen LogP contribution in [0.4, 0.5) is 0 Å². The van der Waals surface area contributed by atoms with Gasteiger partial charge in [-0.2, -0.15) is 0 Å². The Kier molecular flexibility index (Phi) is 232. The first-order valence-corrected chi connectivity index (χ1v) is 4.30. The van der Waals surface area contributed by atoms with Crippen LogP contribution in [0.5, 0.6) is 0 Å². The van der Waals surface area contributed by atoms with Gasteiger partial charge in [-0.1, -0.05) is 0 Å². The Balaban J connectivity index is -0.0000000225. The zero-order chi connectivity index (χ0) is 6.00. The topological polar surface area (TPSA) is 51.2 Å². The molecular formula is HAlCdO3Zn. The fraction of sp³-hybridized carbons (Fsp3) is 0. The van der Waals surface area contributed by atoms with Crippen molar-refractivity contribution in [3.05, 3.63) is 0 Å². The summed E-state index contributed by atoms with van der Waals surface area (Å²) in [7, 11) is 0. The summed E-state index contributed by atoms with van der Waals surface area (Å²) in [5, 5.41) is 0. The van der Waals surface area contributed by atoms with Crippen LogP contribution in [0.2, 0.25) is 0 Å². The fourth-order valence-corrected chi connectivity index (χ4v) is 0. The number of hydrogen-bond donors (Lipinski definition) is 0. The van der Waals surface area contributed by atoms with Crippen molar-refractivity contribution < 1.29 is 54.1 Å². The molecule has 0 N–H and O–H groups in total. The normalized spacial score (nSPS) is 2.50. The molecule has 0 fully saturated rings. The van der Waals surface area contributed by atoms with Crippen LogP contribution >= 0.6 is 0 Å². The predicted octanol–water partition coefficient (Wildman–Crippen LogP) is -1.01. The van der Waals surface area contributed by atoms with Crippen LogP contribution in [0.25, 0.3) is 0 Å². The summed E-state index contributed by atoms with van der Waals surface area (Å²) in [5.41, 5.74) is 0. The van der Waals surface area contributed by atoms with E-state index in [2.05, 4.69) is 0 Å². The molecule has 0 aromatic carbocycles. The van der Waals surface area contributed by atoms with Gasteiger partial charge in [0.15, 0.2) is 0 Å². The van der Waals surface area contributed by atoms with Crippen molar-refractivity contribution in [2.24, 2.45) is 0 Å². The molecule has 0 saturated heterocycles. The maximum absolute atomic E-state index is 8.42. The molecule has 0 aromatic heterocycles. The van der Waals surface area contributed by atoms with Crippen molar-refractivity contribution >= 4 is 16.2 Å². The molecule has 26 valence electrons. The molecule has 0 aliphatic heterocycles. The molecule has 3 nitrogen and oxygen atoms in total. The molecule has 0 aliphatic carbocycles. The molecular weight excluding hydrogens is 253 g/mol. The van der Waals surface area contributed by atoms with Crippen molar-refractivity contribution in [3.63, 3.8) is 0 Å². The second-order valence-electron chi connectivity index (χ2n) is 0. The van der Waals surface area contributed by atoms with Crippen LogP contribution in [0.1, 0.15) is 0 Å². The molecule has 0 rings (SSSR count). The van der Waals surface area contributed by atoms with E-state index in [1.807, 2.05) is 0 Å². The Bertz CT molecular complexity index is 15.5. The van der Waals surface area contributed by atoms with Crippen LogP contribution in [-0.4, -0.2) is 16.2 Å². The standard InChI is InChI=1S/Al.Cd.3O.Zn.H. The van der Waals surface area contributed by atoms with E-state index in [1.54, 1.807) is 0 Å². The van der Waals surface area contributed by atoms with E-state index in [-0.39, 0.29) is 44.0 Å². The van der Waals surface area contributed by atoms with Gasteiger partial charge in [0.05, 0.1) is 0 Å². The summed E-state index contributed by atoms with van der Waals surface area (Å²) in [6.45, 7) is 0. The Labute approximate surface area is 69.6 Å². The van der Waals surface area contributed by atoms with Crippen molar-refractivity contribution in [2.45, 2.75) is 0 Å². The average Bonchev–Trinajstić information content (AvgIpc) is 1.81. The van der Waals surface area contributed by atoms with Crippen LogP contribution < -0.4 is 0 Å². The molecule has 0 atom stereocenters. The van der Waals surface area contributed by atoms with Gasteiger partial charge >= 0.3 is 70.3 Å². The van der Waals surface area contributed by atoms with Crippen molar-refractivity contribution in [2.75, 3.05) is 0 Å². The summed E-state index contributed by atoms with van der Waals surface area (Å²) < 4.78 is 25.1. The summed E-state index contributed by atoms with van der Waals surface area (Å²) >= 11 is 0.636. The predicted molar refractivity (Wildman–Crippen MR) is 9.21 cm³/mol. The second kappa shape index (κ2) is 89.0. The zero-order valence-electron chi connectivity index (χ0n) is 3.35. The van der Waals surface area contributed by atoms with E-state index in [0.29, 0.717) is 16.2 Å². The molecule has 0 spiro atoms. The average molecular weight is 254 g/mol. The minimum atomic E-state index is -0.1000. The number of rotatable bonds is 0. The maximum atomic E-state index is 8.42. The van der Waals surface area contributed by atoms with E-state index in [4.69, 9.17) is 10.1 Å². The van der Waals surface area contributed by atoms with Gasteiger partial charge in [-0.3, -0.25) is 0 Å². The van der Waals surface area contributed by atoms with Gasteiger partial charge in [-0.15, -0.1) is 0 Å². The molecule has 6 heteroatoms. The molecule has 0 radical (unpaired) electrons. The zero-order valence-corrected chi connectivity index (χ0v) is 11.8. The van der Waals surface area contributed by atoms with E-state index in [1.165, 1.54) is 0 Å². The Hall–Kier alpha value is 1.48. The van der Waals surface area contributed by atoms with Gasteiger partial charge < -0.3 is 0 Å². The Morgan fingerprint density at radius 3 is 1.17 bits per heavy atom. The van der Waals surface area contributed by atoms with Crippen LogP contribution in [-0.2, 0) is 54.1 Å². The first-order valence-electron chi connectivity index (χ1n) is 0.866. The molecule has 0 aliphatic rings. The summed E-state index contributed by atoms with van der Waals surface area (Å²) in [6.07, 6.45) is 0. The van der Waals surface area contributed by atoms with Crippen LogP contribution in [0, 0.1) is 0 Å². The third-order valence-corrected chi connectivity index (χ3v) is 0. The van der Waals surface area contributed by atoms with Gasteiger partial charge in [-0.05, 0) is 0 Å². The Morgan fingerprint density at radius 1 is 1.17 bits per heavy atom. The molecule has 0 saturated carbocycles. The third kappa shape index (κ3) is 50.3. The summed E-state index contributed by atoms with van der Waals surface area (Å²) in [6, 6.07) is 0. The van der Waals surface area contributed by atoms with Crippen LogP contribution in [0.3, 0.4) is 0 Å². The minimum absolute atomic E-state index is 0.1000. The van der Waals surface area contributed by atoms with Gasteiger partial charge in [0, 0.05) is 0 Å². The van der Waals surface area contributed by atoms with Crippen LogP contribution in [0.15, 0.2) is 0 Å². The fourth-order valence-electron chi connectivity index (χ4n) is 0. The first kappa shape index (κ1) is 15.6. The molecule has 0 amide bonds. The molecule has 0 unspecified atom stereocenters. The summed E-state index contributed by atoms with van der Waals surface area (Å²) in [5.74, 6) is 0. The van der Waals surface area contributed by atoms with E-state index in [9.17, 15) is 0 Å². The Morgan fingerprint density at radius 2 is 1.17 bits per heavy atom. The van der Waals surface area contributed by atoms with Crippen molar-refractivity contribution in [3.8, 4) is 0 Å². The third-order valence-electron chi connectivity index (χ3n) is 0. The van der Waals surface area contributed by atoms with E-state index >= 15 is 0 Å². The SMILES string of the molecule is [O]=[AlH].[O]=[Cd].[O]=[Zn]. The van der Waals surface area contributed by atoms with Gasteiger partial charge in [0.2, 0.25) is 0 Å². The van der Waals surface area contributed by atoms with E-state index in [0.717, 1.165) is 0 Å².